The molecule has 0 saturated carbocycles. The van der Waals surface area contributed by atoms with Crippen molar-refractivity contribution in [3.8, 4) is 0 Å². The van der Waals surface area contributed by atoms with Gasteiger partial charge in [0.2, 0.25) is 11.8 Å². The summed E-state index contributed by atoms with van der Waals surface area (Å²) in [5.41, 5.74) is 0. The summed E-state index contributed by atoms with van der Waals surface area (Å²) in [6.07, 6.45) is 4.97. The minimum absolute atomic E-state index is 0.0396. The fraction of sp³-hybridized carbons (Fsp3) is 0.684. The number of hydrogen-bond donors (Lipinski definition) is 1. The second kappa shape index (κ2) is 8.81. The average molecular weight is 364 g/mol. The first-order valence-electron chi connectivity index (χ1n) is 9.45. The van der Waals surface area contributed by atoms with Crippen LogP contribution < -0.4 is 5.32 Å². The standard InChI is InChI=1S/C19H29N3O2S/c1-15-7-10-21(11-8-15)16(17-5-4-12-25-17)13-20-18(23)14-22-9-3-2-6-19(22)24/h4-5,12,15-16H,2-3,6-11,13-14H2,1H3,(H,20,23). The van der Waals surface area contributed by atoms with Gasteiger partial charge in [-0.15, -0.1) is 11.3 Å². The number of nitrogens with zero attached hydrogens (tertiary/aromatic N) is 2. The van der Waals surface area contributed by atoms with Gasteiger partial charge in [0.15, 0.2) is 0 Å². The minimum atomic E-state index is -0.0396. The summed E-state index contributed by atoms with van der Waals surface area (Å²) < 4.78 is 0. The van der Waals surface area contributed by atoms with Gasteiger partial charge in [-0.05, 0) is 56.1 Å². The summed E-state index contributed by atoms with van der Waals surface area (Å²) in [6, 6.07) is 4.48. The van der Waals surface area contributed by atoms with Gasteiger partial charge in [-0.2, -0.15) is 0 Å². The number of hydrogen-bond acceptors (Lipinski definition) is 4. The molecule has 0 aliphatic carbocycles. The van der Waals surface area contributed by atoms with Crippen LogP contribution >= 0.6 is 11.3 Å². The van der Waals surface area contributed by atoms with Crippen LogP contribution in [0, 0.1) is 5.92 Å². The van der Waals surface area contributed by atoms with Gasteiger partial charge < -0.3 is 10.2 Å². The fourth-order valence-corrected chi connectivity index (χ4v) is 4.56. The van der Waals surface area contributed by atoms with Gasteiger partial charge in [0.05, 0.1) is 12.6 Å². The summed E-state index contributed by atoms with van der Waals surface area (Å²) in [5, 5.41) is 5.18. The van der Waals surface area contributed by atoms with Crippen molar-refractivity contribution in [3.05, 3.63) is 22.4 Å². The molecule has 5 nitrogen and oxygen atoms in total. The zero-order chi connectivity index (χ0) is 17.6. The zero-order valence-electron chi connectivity index (χ0n) is 15.1. The molecule has 1 unspecified atom stereocenters. The normalized spacial score (nSPS) is 21.3. The number of carbonyl (C=O) groups is 2. The maximum absolute atomic E-state index is 12.3. The number of rotatable bonds is 6. The van der Waals surface area contributed by atoms with Gasteiger partial charge in [-0.3, -0.25) is 14.5 Å². The van der Waals surface area contributed by atoms with E-state index in [1.807, 2.05) is 0 Å². The number of likely N-dealkylation sites (tertiary alicyclic amines) is 2. The second-order valence-electron chi connectivity index (χ2n) is 7.33. The molecule has 0 radical (unpaired) electrons. The van der Waals surface area contributed by atoms with Crippen molar-refractivity contribution in [2.75, 3.05) is 32.7 Å². The highest BCUT2D eigenvalue weighted by molar-refractivity contribution is 7.10. The molecule has 0 bridgehead atoms. The lowest BCUT2D eigenvalue weighted by molar-refractivity contribution is -0.137. The van der Waals surface area contributed by atoms with E-state index < -0.39 is 0 Å². The molecule has 3 heterocycles. The van der Waals surface area contributed by atoms with Crippen LogP contribution in [0.3, 0.4) is 0 Å². The van der Waals surface area contributed by atoms with Crippen LogP contribution in [0.2, 0.25) is 0 Å². The predicted octanol–water partition coefficient (Wildman–Crippen LogP) is 2.65. The van der Waals surface area contributed by atoms with Crippen LogP contribution in [0.25, 0.3) is 0 Å². The van der Waals surface area contributed by atoms with Crippen molar-refractivity contribution in [2.24, 2.45) is 5.92 Å². The van der Waals surface area contributed by atoms with E-state index in [2.05, 4.69) is 34.7 Å². The maximum Gasteiger partial charge on any atom is 0.239 e. The lowest BCUT2D eigenvalue weighted by atomic mass is 9.97. The Morgan fingerprint density at radius 2 is 2.12 bits per heavy atom. The summed E-state index contributed by atoms with van der Waals surface area (Å²) in [4.78, 5) is 29.7. The van der Waals surface area contributed by atoms with Crippen LogP contribution in [-0.2, 0) is 9.59 Å². The van der Waals surface area contributed by atoms with Crippen LogP contribution in [0.15, 0.2) is 17.5 Å². The van der Waals surface area contributed by atoms with Crippen LogP contribution in [0.4, 0.5) is 0 Å². The fourth-order valence-electron chi connectivity index (χ4n) is 3.70. The number of nitrogens with one attached hydrogen (secondary N) is 1. The Kier molecular flexibility index (Phi) is 6.48. The molecule has 2 amide bonds. The molecular weight excluding hydrogens is 334 g/mol. The SMILES string of the molecule is CC1CCN(C(CNC(=O)CN2CCCCC2=O)c2cccs2)CC1. The lowest BCUT2D eigenvalue weighted by Gasteiger charge is -2.36. The Morgan fingerprint density at radius 3 is 2.80 bits per heavy atom. The maximum atomic E-state index is 12.3. The molecule has 2 fully saturated rings. The van der Waals surface area contributed by atoms with Crippen molar-refractivity contribution in [3.63, 3.8) is 0 Å². The van der Waals surface area contributed by atoms with Gasteiger partial charge in [0.25, 0.3) is 0 Å². The molecule has 1 aromatic heterocycles. The van der Waals surface area contributed by atoms with E-state index in [-0.39, 0.29) is 24.4 Å². The van der Waals surface area contributed by atoms with E-state index in [9.17, 15) is 9.59 Å². The summed E-state index contributed by atoms with van der Waals surface area (Å²) in [7, 11) is 0. The Balaban J connectivity index is 1.55. The minimum Gasteiger partial charge on any atom is -0.353 e. The van der Waals surface area contributed by atoms with Gasteiger partial charge in [-0.1, -0.05) is 13.0 Å². The summed E-state index contributed by atoms with van der Waals surface area (Å²) >= 11 is 1.76. The molecule has 1 atom stereocenters. The molecule has 1 N–H and O–H groups in total. The van der Waals surface area contributed by atoms with E-state index in [4.69, 9.17) is 0 Å². The smallest absolute Gasteiger partial charge is 0.239 e. The van der Waals surface area contributed by atoms with Crippen molar-refractivity contribution in [2.45, 2.75) is 45.1 Å². The van der Waals surface area contributed by atoms with Crippen molar-refractivity contribution >= 4 is 23.2 Å². The van der Waals surface area contributed by atoms with E-state index in [0.29, 0.717) is 19.5 Å². The van der Waals surface area contributed by atoms with Gasteiger partial charge >= 0.3 is 0 Å². The number of amides is 2. The Morgan fingerprint density at radius 1 is 1.32 bits per heavy atom. The Labute approximate surface area is 154 Å². The number of carbonyl (C=O) groups excluding carboxylic acids is 2. The number of piperidine rings is 2. The highest BCUT2D eigenvalue weighted by Gasteiger charge is 2.26. The first kappa shape index (κ1) is 18.4. The van der Waals surface area contributed by atoms with E-state index >= 15 is 0 Å². The molecular formula is C19H29N3O2S. The predicted molar refractivity (Wildman–Crippen MR) is 100 cm³/mol. The summed E-state index contributed by atoms with van der Waals surface area (Å²) in [6.45, 7) is 6.02. The molecule has 2 saturated heterocycles. The van der Waals surface area contributed by atoms with Crippen LogP contribution in [0.5, 0.6) is 0 Å². The van der Waals surface area contributed by atoms with Crippen molar-refractivity contribution < 1.29 is 9.59 Å². The topological polar surface area (TPSA) is 52.7 Å². The molecule has 25 heavy (non-hydrogen) atoms. The van der Waals surface area contributed by atoms with E-state index in [1.165, 1.54) is 17.7 Å². The third kappa shape index (κ3) is 5.05. The second-order valence-corrected chi connectivity index (χ2v) is 8.31. The van der Waals surface area contributed by atoms with Crippen molar-refractivity contribution in [1.29, 1.82) is 0 Å². The molecule has 2 aliphatic rings. The molecule has 0 aromatic carbocycles. The first-order chi connectivity index (χ1) is 12.1. The molecule has 0 spiro atoms. The number of thiophene rings is 1. The van der Waals surface area contributed by atoms with Gasteiger partial charge in [-0.25, -0.2) is 0 Å². The Hall–Kier alpha value is -1.40. The molecule has 3 rings (SSSR count). The van der Waals surface area contributed by atoms with Crippen LogP contribution in [0.1, 0.15) is 49.9 Å². The zero-order valence-corrected chi connectivity index (χ0v) is 15.9. The van der Waals surface area contributed by atoms with E-state index in [1.54, 1.807) is 16.2 Å². The third-order valence-corrected chi connectivity index (χ3v) is 6.35. The molecule has 138 valence electrons. The lowest BCUT2D eigenvalue weighted by Crippen LogP contribution is -2.46. The van der Waals surface area contributed by atoms with Gasteiger partial charge in [0.1, 0.15) is 0 Å². The van der Waals surface area contributed by atoms with Crippen LogP contribution in [-0.4, -0.2) is 54.3 Å². The van der Waals surface area contributed by atoms with E-state index in [0.717, 1.165) is 31.8 Å². The molecule has 1 aromatic rings. The monoisotopic (exact) mass is 363 g/mol. The third-order valence-electron chi connectivity index (χ3n) is 5.38. The van der Waals surface area contributed by atoms with Crippen molar-refractivity contribution in [1.82, 2.24) is 15.1 Å². The summed E-state index contributed by atoms with van der Waals surface area (Å²) in [5.74, 6) is 0.864. The molecule has 6 heteroatoms. The average Bonchev–Trinajstić information content (AvgIpc) is 3.13. The Bertz CT molecular complexity index is 567. The first-order valence-corrected chi connectivity index (χ1v) is 10.3. The highest BCUT2D eigenvalue weighted by atomic mass is 32.1. The molecule has 2 aliphatic heterocycles. The highest BCUT2D eigenvalue weighted by Crippen LogP contribution is 2.29. The largest absolute Gasteiger partial charge is 0.353 e. The van der Waals surface area contributed by atoms with Gasteiger partial charge in [0, 0.05) is 24.4 Å². The quantitative estimate of drug-likeness (QED) is 0.845.